The number of pyridine rings is 5. The van der Waals surface area contributed by atoms with Gasteiger partial charge in [0.05, 0.1) is 33.6 Å². The molecule has 0 bridgehead atoms. The largest absolute Gasteiger partial charge is 0.437 e. The zero-order valence-electron chi connectivity index (χ0n) is 52.3. The second-order valence-electron chi connectivity index (χ2n) is 25.7. The second-order valence-corrected chi connectivity index (χ2v) is 25.7. The standard InChI is InChI=1S/C30H22N.C29H21N2O.C27H16N2O/c1-18-13-14-22-21-10-4-3-7-20(21)15-26(22)29(18)28-16-25-23-11-5-8-19-9-6-12-24(30(19)23)27(25)17-31(28)2;1-16-10-12-21-22-13-11-17(2)30-29(22)32-28(21)26(16)25-14-23-19-8-4-6-18-7-5-9-20(27(18)19)24(23)15-31(25)3;1-15-11-12-20-19-8-4-9-21(26(19)30-27(20)28-15)23-14-13-18-17-7-2-5-16-6-3-10-22(24(16)17)25(18)29-23/h3-14,16-17H,15H2,1-2H3;4-15H,1-3H3;2-14H,1H3/q2*+1;. The molecule has 4 aliphatic rings. The van der Waals surface area contributed by atoms with Crippen molar-refractivity contribution in [3.8, 4) is 112 Å². The van der Waals surface area contributed by atoms with E-state index in [1.54, 1.807) is 0 Å². The first kappa shape index (κ1) is 53.2. The minimum atomic E-state index is 0.677. The first-order valence-corrected chi connectivity index (χ1v) is 32.0. The van der Waals surface area contributed by atoms with E-state index in [1.165, 1.54) is 138 Å². The molecule has 0 unspecified atom stereocenters. The fraction of sp³-hybridized carbons (Fsp3) is 0.0814. The number of aryl methyl sites for hydroxylation is 6. The van der Waals surface area contributed by atoms with Gasteiger partial charge in [-0.2, -0.15) is 0 Å². The average Bonchev–Trinajstić information content (AvgIpc) is 1.64. The molecule has 0 amide bonds. The van der Waals surface area contributed by atoms with Gasteiger partial charge in [0, 0.05) is 72.9 Å². The van der Waals surface area contributed by atoms with Crippen LogP contribution in [0.4, 0.5) is 0 Å². The number of hydrogen-bond donors (Lipinski definition) is 0. The van der Waals surface area contributed by atoms with Gasteiger partial charge in [-0.15, -0.1) is 0 Å². The maximum atomic E-state index is 6.37. The van der Waals surface area contributed by atoms with Crippen molar-refractivity contribution in [2.24, 2.45) is 14.1 Å². The summed E-state index contributed by atoms with van der Waals surface area (Å²) in [6.45, 7) is 8.38. The van der Waals surface area contributed by atoms with Gasteiger partial charge in [0.1, 0.15) is 19.7 Å². The van der Waals surface area contributed by atoms with Crippen molar-refractivity contribution in [3.63, 3.8) is 0 Å². The number of hydrogen-bond acceptors (Lipinski definition) is 5. The number of furan rings is 2. The number of nitrogens with zero attached hydrogens (tertiary/aromatic N) is 5. The van der Waals surface area contributed by atoms with E-state index in [0.717, 1.165) is 78.7 Å². The third-order valence-electron chi connectivity index (χ3n) is 20.2. The highest BCUT2D eigenvalue weighted by Gasteiger charge is 2.33. The Morgan fingerprint density at radius 2 is 0.785 bits per heavy atom. The molecule has 0 atom stereocenters. The Balaban J connectivity index is 0.0000000994. The van der Waals surface area contributed by atoms with Gasteiger partial charge in [0.2, 0.25) is 22.8 Å². The normalized spacial score (nSPS) is 12.4. The Morgan fingerprint density at radius 3 is 1.40 bits per heavy atom. The second kappa shape index (κ2) is 19.9. The number of para-hydroxylation sites is 1. The van der Waals surface area contributed by atoms with E-state index in [4.69, 9.17) is 13.8 Å². The highest BCUT2D eigenvalue weighted by atomic mass is 16.3. The van der Waals surface area contributed by atoms with Crippen molar-refractivity contribution in [1.82, 2.24) is 15.0 Å². The van der Waals surface area contributed by atoms with Crippen molar-refractivity contribution in [2.45, 2.75) is 34.1 Å². The number of fused-ring (bicyclic) bond motifs is 18. The first-order chi connectivity index (χ1) is 45.6. The van der Waals surface area contributed by atoms with Crippen LogP contribution in [0.25, 0.3) is 188 Å². The quantitative estimate of drug-likeness (QED) is 0.165. The van der Waals surface area contributed by atoms with E-state index in [9.17, 15) is 0 Å². The monoisotopic (exact) mass is 1190 g/mol. The highest BCUT2D eigenvalue weighted by molar-refractivity contribution is 6.18. The van der Waals surface area contributed by atoms with Crippen LogP contribution in [0.2, 0.25) is 0 Å². The minimum Gasteiger partial charge on any atom is -0.437 e. The number of rotatable bonds is 3. The summed E-state index contributed by atoms with van der Waals surface area (Å²) in [5, 5.41) is 12.2. The van der Waals surface area contributed by atoms with E-state index < -0.39 is 0 Å². The molecule has 0 aliphatic heterocycles. The Bertz CT molecular complexity index is 6170. The van der Waals surface area contributed by atoms with Gasteiger partial charge < -0.3 is 8.83 Å². The summed E-state index contributed by atoms with van der Waals surface area (Å²) in [7, 11) is 4.32. The topological polar surface area (TPSA) is 72.7 Å². The van der Waals surface area contributed by atoms with Crippen molar-refractivity contribution in [1.29, 1.82) is 0 Å². The molecular formula is C86H59N5O2+2. The lowest BCUT2D eigenvalue weighted by Crippen LogP contribution is -2.31. The smallest absolute Gasteiger partial charge is 0.227 e. The Labute approximate surface area is 536 Å². The summed E-state index contributed by atoms with van der Waals surface area (Å²) in [5.41, 5.74) is 35.4. The van der Waals surface area contributed by atoms with E-state index in [1.807, 2.05) is 26.0 Å². The highest BCUT2D eigenvalue weighted by Crippen LogP contribution is 2.52. The Kier molecular flexibility index (Phi) is 11.4. The lowest BCUT2D eigenvalue weighted by Gasteiger charge is -2.12. The van der Waals surface area contributed by atoms with E-state index in [2.05, 4.69) is 272 Å². The van der Waals surface area contributed by atoms with Gasteiger partial charge in [-0.3, -0.25) is 0 Å². The molecule has 93 heavy (non-hydrogen) atoms. The van der Waals surface area contributed by atoms with Gasteiger partial charge in [-0.05, 0) is 170 Å². The van der Waals surface area contributed by atoms with Crippen molar-refractivity contribution >= 4 is 76.5 Å². The van der Waals surface area contributed by atoms with Gasteiger partial charge in [-0.25, -0.2) is 24.1 Å². The summed E-state index contributed by atoms with van der Waals surface area (Å²) in [6.07, 6.45) is 5.61. The summed E-state index contributed by atoms with van der Waals surface area (Å²) in [4.78, 5) is 14.3. The lowest BCUT2D eigenvalue weighted by atomic mass is 9.92. The maximum absolute atomic E-state index is 6.37. The molecule has 17 aromatic rings. The van der Waals surface area contributed by atoms with E-state index in [0.29, 0.717) is 11.4 Å². The maximum Gasteiger partial charge on any atom is 0.227 e. The van der Waals surface area contributed by atoms with Gasteiger partial charge in [-0.1, -0.05) is 170 Å². The SMILES string of the molecule is Cc1ccc2c(c1-c1cc3c(c[n+]1C)-c1cccc4cccc-3c14)Cc1ccccc1-2.Cc1ccc2c(n1)oc1c(-c3cc4c(c[n+]3C)-c3cccc5cccc-4c35)c(C)ccc12.Cc1ccc2c(n1)oc1c(-c3ccc4c(n3)-c3cccc5cccc-4c35)cccc12. The fourth-order valence-corrected chi connectivity index (χ4v) is 15.9. The third-order valence-corrected chi connectivity index (χ3v) is 20.2. The van der Waals surface area contributed by atoms with E-state index in [-0.39, 0.29) is 0 Å². The van der Waals surface area contributed by atoms with Crippen molar-refractivity contribution in [2.75, 3.05) is 0 Å². The van der Waals surface area contributed by atoms with Crippen LogP contribution < -0.4 is 9.13 Å². The summed E-state index contributed by atoms with van der Waals surface area (Å²) in [6, 6.07) is 80.8. The van der Waals surface area contributed by atoms with Gasteiger partial charge in [0.25, 0.3) is 0 Å². The predicted molar refractivity (Wildman–Crippen MR) is 379 cm³/mol. The lowest BCUT2D eigenvalue weighted by molar-refractivity contribution is -0.659. The molecule has 7 heterocycles. The number of aromatic nitrogens is 5. The summed E-state index contributed by atoms with van der Waals surface area (Å²) < 4.78 is 17.1. The van der Waals surface area contributed by atoms with Gasteiger partial charge in [0.15, 0.2) is 18.0 Å². The van der Waals surface area contributed by atoms with Crippen LogP contribution in [0.5, 0.6) is 0 Å². The number of benzene rings is 10. The molecule has 0 saturated heterocycles. The van der Waals surface area contributed by atoms with Crippen LogP contribution in [0.1, 0.15) is 33.6 Å². The Morgan fingerprint density at radius 1 is 0.333 bits per heavy atom. The van der Waals surface area contributed by atoms with Crippen molar-refractivity contribution < 1.29 is 18.0 Å². The fourth-order valence-electron chi connectivity index (χ4n) is 15.9. The zero-order valence-corrected chi connectivity index (χ0v) is 52.3. The molecule has 0 fully saturated rings. The average molecular weight is 1190 g/mol. The van der Waals surface area contributed by atoms with Crippen LogP contribution in [-0.4, -0.2) is 15.0 Å². The zero-order chi connectivity index (χ0) is 62.1. The molecule has 7 heteroatoms. The van der Waals surface area contributed by atoms with Crippen molar-refractivity contribution in [3.05, 3.63) is 270 Å². The summed E-state index contributed by atoms with van der Waals surface area (Å²) in [5.74, 6) is 0. The van der Waals surface area contributed by atoms with Crippen LogP contribution in [0.3, 0.4) is 0 Å². The van der Waals surface area contributed by atoms with Crippen LogP contribution in [-0.2, 0) is 20.5 Å². The molecule has 0 spiro atoms. The van der Waals surface area contributed by atoms with E-state index >= 15 is 0 Å². The minimum absolute atomic E-state index is 0.677. The molecule has 438 valence electrons. The molecule has 10 aromatic carbocycles. The first-order valence-electron chi connectivity index (χ1n) is 32.0. The molecule has 21 rings (SSSR count). The molecule has 7 aromatic heterocycles. The van der Waals surface area contributed by atoms with Crippen LogP contribution >= 0.6 is 0 Å². The van der Waals surface area contributed by atoms with Crippen LogP contribution in [0.15, 0.2) is 246 Å². The third kappa shape index (κ3) is 7.87. The Hall–Kier alpha value is -11.7. The molecular weight excluding hydrogens is 1130 g/mol. The summed E-state index contributed by atoms with van der Waals surface area (Å²) >= 11 is 0. The predicted octanol–water partition coefficient (Wildman–Crippen LogP) is 20.9. The molecule has 0 N–H and O–H groups in total. The molecule has 7 nitrogen and oxygen atoms in total. The molecule has 0 radical (unpaired) electrons. The van der Waals surface area contributed by atoms with Crippen LogP contribution in [0, 0.1) is 27.7 Å². The van der Waals surface area contributed by atoms with Gasteiger partial charge >= 0.3 is 0 Å². The molecule has 4 aliphatic carbocycles. The molecule has 0 saturated carbocycles.